The van der Waals surface area contributed by atoms with Crippen molar-refractivity contribution in [2.75, 3.05) is 19.6 Å². The zero-order valence-electron chi connectivity index (χ0n) is 14.3. The Morgan fingerprint density at radius 3 is 2.50 bits per heavy atom. The summed E-state index contributed by atoms with van der Waals surface area (Å²) in [5.74, 6) is 0.765. The summed E-state index contributed by atoms with van der Waals surface area (Å²) in [5.41, 5.74) is 1.58. The van der Waals surface area contributed by atoms with Crippen molar-refractivity contribution >= 4 is 23.4 Å². The van der Waals surface area contributed by atoms with E-state index in [4.69, 9.17) is 21.1 Å². The summed E-state index contributed by atoms with van der Waals surface area (Å²) in [5, 5.41) is 0.676. The van der Waals surface area contributed by atoms with Crippen LogP contribution in [0, 0.1) is 0 Å². The maximum Gasteiger partial charge on any atom is 0.410 e. The molecule has 0 bridgehead atoms. The second-order valence-electron chi connectivity index (χ2n) is 7.19. The van der Waals surface area contributed by atoms with Gasteiger partial charge >= 0.3 is 6.09 Å². The molecular formula is C18H23ClN2O3. The molecule has 1 fully saturated rings. The van der Waals surface area contributed by atoms with Gasteiger partial charge in [0.15, 0.2) is 0 Å². The third-order valence-electron chi connectivity index (χ3n) is 3.96. The van der Waals surface area contributed by atoms with Gasteiger partial charge in [0.05, 0.1) is 17.3 Å². The van der Waals surface area contributed by atoms with Gasteiger partial charge in [0.25, 0.3) is 0 Å². The summed E-state index contributed by atoms with van der Waals surface area (Å²) in [7, 11) is 0. The van der Waals surface area contributed by atoms with Gasteiger partial charge in [-0.25, -0.2) is 4.79 Å². The van der Waals surface area contributed by atoms with Crippen molar-refractivity contribution < 1.29 is 14.3 Å². The second-order valence-corrected chi connectivity index (χ2v) is 7.60. The van der Waals surface area contributed by atoms with E-state index in [1.807, 2.05) is 39.0 Å². The lowest BCUT2D eigenvalue weighted by Crippen LogP contribution is -2.44. The lowest BCUT2D eigenvalue weighted by molar-refractivity contribution is 0.0126. The van der Waals surface area contributed by atoms with Crippen LogP contribution in [0.1, 0.15) is 39.2 Å². The molecule has 1 aromatic carbocycles. The Balaban J connectivity index is 1.51. The standard InChI is InChI=1S/C18H23ClN2O3/c1-18(2,3)24-17(22)21-8-6-12(7-9-21)23-13-4-5-14(15(19)10-13)16-11-20-16/h4-5,10,12H,6-9,11H2,1-3H3. The molecule has 130 valence electrons. The molecule has 1 amide bonds. The van der Waals surface area contributed by atoms with Crippen LogP contribution < -0.4 is 4.74 Å². The number of hydrogen-bond donors (Lipinski definition) is 0. The van der Waals surface area contributed by atoms with Gasteiger partial charge in [0, 0.05) is 31.5 Å². The highest BCUT2D eigenvalue weighted by Gasteiger charge is 2.27. The number of piperidine rings is 1. The lowest BCUT2D eigenvalue weighted by Gasteiger charge is -2.33. The topological polar surface area (TPSA) is 51.1 Å². The Morgan fingerprint density at radius 2 is 1.96 bits per heavy atom. The van der Waals surface area contributed by atoms with Crippen LogP contribution in [0.4, 0.5) is 4.79 Å². The molecular weight excluding hydrogens is 328 g/mol. The Hall–Kier alpha value is -1.75. The molecule has 2 aliphatic heterocycles. The molecule has 0 spiro atoms. The molecule has 0 aliphatic carbocycles. The Kier molecular flexibility index (Phi) is 4.72. The fraction of sp³-hybridized carbons (Fsp3) is 0.556. The molecule has 0 saturated carbocycles. The van der Waals surface area contributed by atoms with Crippen LogP contribution in [0.15, 0.2) is 23.2 Å². The van der Waals surface area contributed by atoms with Crippen LogP contribution in [0.2, 0.25) is 5.02 Å². The van der Waals surface area contributed by atoms with E-state index in [2.05, 4.69) is 4.99 Å². The molecule has 0 radical (unpaired) electrons. The summed E-state index contributed by atoms with van der Waals surface area (Å²) in [6, 6.07) is 5.74. The maximum atomic E-state index is 12.1. The highest BCUT2D eigenvalue weighted by Crippen LogP contribution is 2.28. The first kappa shape index (κ1) is 17.1. The quantitative estimate of drug-likeness (QED) is 0.830. The molecule has 2 heterocycles. The van der Waals surface area contributed by atoms with E-state index >= 15 is 0 Å². The molecule has 5 nitrogen and oxygen atoms in total. The van der Waals surface area contributed by atoms with E-state index in [9.17, 15) is 4.79 Å². The smallest absolute Gasteiger partial charge is 0.410 e. The molecule has 0 aromatic heterocycles. The van der Waals surface area contributed by atoms with E-state index in [1.165, 1.54) is 0 Å². The predicted octanol–water partition coefficient (Wildman–Crippen LogP) is 3.92. The lowest BCUT2D eigenvalue weighted by atomic mass is 10.1. The van der Waals surface area contributed by atoms with Gasteiger partial charge in [-0.05, 0) is 39.0 Å². The van der Waals surface area contributed by atoms with Crippen molar-refractivity contribution in [2.45, 2.75) is 45.3 Å². The van der Waals surface area contributed by atoms with Crippen molar-refractivity contribution in [3.05, 3.63) is 28.8 Å². The maximum absolute atomic E-state index is 12.1. The van der Waals surface area contributed by atoms with Crippen molar-refractivity contribution in [3.8, 4) is 5.75 Å². The molecule has 1 aromatic rings. The van der Waals surface area contributed by atoms with E-state index in [-0.39, 0.29) is 12.2 Å². The van der Waals surface area contributed by atoms with Crippen LogP contribution in [0.3, 0.4) is 0 Å². The van der Waals surface area contributed by atoms with Gasteiger partial charge in [-0.15, -0.1) is 0 Å². The average Bonchev–Trinajstić information content (AvgIpc) is 3.31. The third-order valence-corrected chi connectivity index (χ3v) is 4.28. The number of carbonyl (C=O) groups is 1. The second kappa shape index (κ2) is 6.63. The van der Waals surface area contributed by atoms with Crippen LogP contribution in [0.25, 0.3) is 0 Å². The summed E-state index contributed by atoms with van der Waals surface area (Å²) in [4.78, 5) is 18.0. The minimum absolute atomic E-state index is 0.0869. The summed E-state index contributed by atoms with van der Waals surface area (Å²) in [6.07, 6.45) is 1.40. The first-order valence-corrected chi connectivity index (χ1v) is 8.67. The van der Waals surface area contributed by atoms with Crippen molar-refractivity contribution in [1.82, 2.24) is 4.90 Å². The number of halogens is 1. The van der Waals surface area contributed by atoms with Gasteiger partial charge in [-0.2, -0.15) is 0 Å². The van der Waals surface area contributed by atoms with Crippen molar-refractivity contribution in [3.63, 3.8) is 0 Å². The molecule has 0 atom stereocenters. The molecule has 0 N–H and O–H groups in total. The largest absolute Gasteiger partial charge is 0.490 e. The normalized spacial score (nSPS) is 18.2. The van der Waals surface area contributed by atoms with Crippen LogP contribution in [-0.2, 0) is 4.74 Å². The number of nitrogens with zero attached hydrogens (tertiary/aromatic N) is 2. The van der Waals surface area contributed by atoms with Crippen molar-refractivity contribution in [1.29, 1.82) is 0 Å². The predicted molar refractivity (Wildman–Crippen MR) is 94.3 cm³/mol. The van der Waals surface area contributed by atoms with Gasteiger partial charge in [0.2, 0.25) is 0 Å². The van der Waals surface area contributed by atoms with Gasteiger partial charge in [-0.1, -0.05) is 11.6 Å². The average molecular weight is 351 g/mol. The Bertz CT molecular complexity index is 659. The minimum atomic E-state index is -0.464. The van der Waals surface area contributed by atoms with Crippen molar-refractivity contribution in [2.24, 2.45) is 4.99 Å². The molecule has 6 heteroatoms. The van der Waals surface area contributed by atoms with Gasteiger partial charge < -0.3 is 14.4 Å². The number of benzene rings is 1. The van der Waals surface area contributed by atoms with Gasteiger partial charge in [-0.3, -0.25) is 4.99 Å². The Morgan fingerprint density at radius 1 is 1.29 bits per heavy atom. The van der Waals surface area contributed by atoms with Crippen LogP contribution in [0.5, 0.6) is 5.75 Å². The number of ether oxygens (including phenoxy) is 2. The van der Waals surface area contributed by atoms with E-state index in [1.54, 1.807) is 4.90 Å². The van der Waals surface area contributed by atoms with E-state index in [0.29, 0.717) is 18.1 Å². The number of hydrogen-bond acceptors (Lipinski definition) is 4. The summed E-state index contributed by atoms with van der Waals surface area (Å²) in [6.45, 7) is 7.69. The number of carbonyl (C=O) groups excluding carboxylic acids is 1. The number of amides is 1. The summed E-state index contributed by atoms with van der Waals surface area (Å²) < 4.78 is 11.4. The number of rotatable bonds is 3. The minimum Gasteiger partial charge on any atom is -0.490 e. The Labute approximate surface area is 147 Å². The zero-order chi connectivity index (χ0) is 17.3. The monoisotopic (exact) mass is 350 g/mol. The van der Waals surface area contributed by atoms with E-state index in [0.717, 1.165) is 36.4 Å². The van der Waals surface area contributed by atoms with E-state index < -0.39 is 5.60 Å². The molecule has 2 aliphatic rings. The molecule has 24 heavy (non-hydrogen) atoms. The SMILES string of the molecule is CC(C)(C)OC(=O)N1CCC(Oc2ccc(C3=NC3)c(Cl)c2)CC1. The third kappa shape index (κ3) is 4.41. The molecule has 1 saturated heterocycles. The summed E-state index contributed by atoms with van der Waals surface area (Å²) >= 11 is 6.28. The molecule has 0 unspecified atom stereocenters. The highest BCUT2D eigenvalue weighted by molar-refractivity contribution is 6.35. The van der Waals surface area contributed by atoms with Gasteiger partial charge in [0.1, 0.15) is 17.5 Å². The number of aliphatic imine (C=N–C) groups is 1. The molecule has 3 rings (SSSR count). The fourth-order valence-corrected chi connectivity index (χ4v) is 2.97. The number of likely N-dealkylation sites (tertiary alicyclic amines) is 1. The highest BCUT2D eigenvalue weighted by atomic mass is 35.5. The fourth-order valence-electron chi connectivity index (χ4n) is 2.69. The zero-order valence-corrected chi connectivity index (χ0v) is 15.1. The first-order valence-electron chi connectivity index (χ1n) is 8.30. The first-order chi connectivity index (χ1) is 11.3. The van der Waals surface area contributed by atoms with Crippen LogP contribution >= 0.6 is 11.6 Å². The van der Waals surface area contributed by atoms with Crippen LogP contribution in [-0.4, -0.2) is 48.0 Å².